The molecule has 0 spiro atoms. The smallest absolute Gasteiger partial charge is 0.0968 e. The number of nitrogens with zero attached hydrogens (tertiary/aromatic N) is 4. The Morgan fingerprint density at radius 2 is 1.93 bits per heavy atom. The van der Waals surface area contributed by atoms with Gasteiger partial charge in [0.05, 0.1) is 11.9 Å². The second-order valence-corrected chi connectivity index (χ2v) is 8.47. The van der Waals surface area contributed by atoms with Gasteiger partial charge in [-0.15, -0.1) is 0 Å². The second-order valence-electron chi connectivity index (χ2n) is 8.47. The first kappa shape index (κ1) is 17.7. The van der Waals surface area contributed by atoms with Gasteiger partial charge in [-0.3, -0.25) is 14.7 Å². The summed E-state index contributed by atoms with van der Waals surface area (Å²) < 4.78 is 1.95. The molecule has 1 aromatic carbocycles. The molecular formula is C23H29N5. The summed E-state index contributed by atoms with van der Waals surface area (Å²) in [5, 5.41) is 12.1. The average molecular weight is 376 g/mol. The van der Waals surface area contributed by atoms with Gasteiger partial charge in [0.1, 0.15) is 0 Å². The number of H-pyrrole nitrogens is 1. The van der Waals surface area contributed by atoms with Crippen molar-refractivity contribution < 1.29 is 0 Å². The molecule has 0 amide bonds. The van der Waals surface area contributed by atoms with E-state index in [9.17, 15) is 0 Å². The minimum absolute atomic E-state index is 0.753. The van der Waals surface area contributed by atoms with Crippen LogP contribution in [0.15, 0.2) is 36.7 Å². The monoisotopic (exact) mass is 375 g/mol. The fourth-order valence-electron chi connectivity index (χ4n) is 4.90. The highest BCUT2D eigenvalue weighted by Gasteiger charge is 2.21. The summed E-state index contributed by atoms with van der Waals surface area (Å²) in [5.74, 6) is 0.753. The zero-order valence-corrected chi connectivity index (χ0v) is 16.7. The molecule has 0 unspecified atom stereocenters. The number of fused-ring (bicyclic) bond motifs is 1. The molecule has 0 saturated heterocycles. The van der Waals surface area contributed by atoms with E-state index >= 15 is 0 Å². The molecule has 1 aliphatic carbocycles. The Balaban J connectivity index is 1.35. The lowest BCUT2D eigenvalue weighted by Gasteiger charge is -2.26. The van der Waals surface area contributed by atoms with Gasteiger partial charge in [0.2, 0.25) is 0 Å². The van der Waals surface area contributed by atoms with Crippen LogP contribution in [0.25, 0.3) is 11.3 Å². The number of aryl methyl sites for hydroxylation is 1. The maximum Gasteiger partial charge on any atom is 0.0968 e. The van der Waals surface area contributed by atoms with Gasteiger partial charge in [-0.05, 0) is 24.3 Å². The predicted molar refractivity (Wildman–Crippen MR) is 111 cm³/mol. The molecule has 2 aliphatic rings. The maximum absolute atomic E-state index is 4.79. The van der Waals surface area contributed by atoms with Gasteiger partial charge in [-0.25, -0.2) is 0 Å². The van der Waals surface area contributed by atoms with E-state index in [0.717, 1.165) is 37.7 Å². The molecule has 0 radical (unpaired) electrons. The van der Waals surface area contributed by atoms with E-state index in [1.165, 1.54) is 60.1 Å². The van der Waals surface area contributed by atoms with Crippen LogP contribution in [0.4, 0.5) is 0 Å². The molecule has 3 aromatic rings. The molecule has 5 rings (SSSR count). The number of hydrogen-bond donors (Lipinski definition) is 1. The van der Waals surface area contributed by atoms with Crippen LogP contribution in [0, 0.1) is 0 Å². The average Bonchev–Trinajstić information content (AvgIpc) is 3.35. The minimum atomic E-state index is 0.753. The summed E-state index contributed by atoms with van der Waals surface area (Å²) in [4.78, 5) is 2.49. The van der Waals surface area contributed by atoms with Crippen molar-refractivity contribution in [3.63, 3.8) is 0 Å². The number of aromatic nitrogens is 4. The van der Waals surface area contributed by atoms with Gasteiger partial charge in [-0.2, -0.15) is 10.2 Å². The highest BCUT2D eigenvalue weighted by molar-refractivity contribution is 5.63. The maximum atomic E-state index is 4.79. The van der Waals surface area contributed by atoms with Crippen molar-refractivity contribution in [1.29, 1.82) is 0 Å². The fourth-order valence-corrected chi connectivity index (χ4v) is 4.90. The van der Waals surface area contributed by atoms with Crippen molar-refractivity contribution in [2.45, 2.75) is 57.5 Å². The second kappa shape index (κ2) is 7.55. The number of nitrogens with one attached hydrogen (secondary N) is 1. The van der Waals surface area contributed by atoms with E-state index < -0.39 is 0 Å². The topological polar surface area (TPSA) is 49.7 Å². The largest absolute Gasteiger partial charge is 0.294 e. The van der Waals surface area contributed by atoms with Crippen molar-refractivity contribution in [3.8, 4) is 11.3 Å². The van der Waals surface area contributed by atoms with Crippen LogP contribution < -0.4 is 0 Å². The zero-order chi connectivity index (χ0) is 18.9. The van der Waals surface area contributed by atoms with Crippen molar-refractivity contribution in [2.24, 2.45) is 7.05 Å². The summed E-state index contributed by atoms with van der Waals surface area (Å²) >= 11 is 0. The molecule has 1 fully saturated rings. The minimum Gasteiger partial charge on any atom is -0.294 e. The lowest BCUT2D eigenvalue weighted by atomic mass is 9.84. The zero-order valence-electron chi connectivity index (χ0n) is 16.7. The van der Waals surface area contributed by atoms with E-state index in [4.69, 9.17) is 5.10 Å². The number of rotatable bonds is 4. The Labute approximate surface area is 166 Å². The van der Waals surface area contributed by atoms with Crippen LogP contribution >= 0.6 is 0 Å². The molecule has 1 aliphatic heterocycles. The number of benzene rings is 1. The first-order chi connectivity index (χ1) is 13.8. The van der Waals surface area contributed by atoms with E-state index in [2.05, 4.69) is 45.6 Å². The quantitative estimate of drug-likeness (QED) is 0.734. The Morgan fingerprint density at radius 1 is 1.11 bits per heavy atom. The number of aromatic amines is 1. The molecule has 3 heterocycles. The Hall–Kier alpha value is -2.40. The summed E-state index contributed by atoms with van der Waals surface area (Å²) in [6.45, 7) is 2.95. The van der Waals surface area contributed by atoms with Crippen LogP contribution in [-0.2, 0) is 26.6 Å². The third kappa shape index (κ3) is 3.51. The van der Waals surface area contributed by atoms with Crippen molar-refractivity contribution in [1.82, 2.24) is 24.9 Å². The third-order valence-corrected chi connectivity index (χ3v) is 6.44. The van der Waals surface area contributed by atoms with Gasteiger partial charge in [0, 0.05) is 61.7 Å². The van der Waals surface area contributed by atoms with Gasteiger partial charge >= 0.3 is 0 Å². The van der Waals surface area contributed by atoms with Crippen molar-refractivity contribution in [2.75, 3.05) is 6.54 Å². The summed E-state index contributed by atoms with van der Waals surface area (Å²) in [5.41, 5.74) is 7.78. The molecule has 5 nitrogen and oxygen atoms in total. The third-order valence-electron chi connectivity index (χ3n) is 6.44. The Kier molecular flexibility index (Phi) is 4.77. The van der Waals surface area contributed by atoms with Crippen LogP contribution in [0.2, 0.25) is 0 Å². The standard InChI is InChI=1S/C23H29N5/c1-27-14-21(16-28-12-11-22-20(15-28)13-24-25-22)23(26-27)19-9-7-18(8-10-19)17-5-3-2-4-6-17/h7-10,13-14,17H,2-6,11-12,15-16H2,1H3,(H,24,25). The van der Waals surface area contributed by atoms with E-state index in [1.807, 2.05) is 17.9 Å². The van der Waals surface area contributed by atoms with Crippen molar-refractivity contribution in [3.05, 3.63) is 59.0 Å². The number of hydrogen-bond acceptors (Lipinski definition) is 3. The molecule has 1 N–H and O–H groups in total. The Morgan fingerprint density at radius 3 is 2.75 bits per heavy atom. The van der Waals surface area contributed by atoms with Gasteiger partial charge in [0.25, 0.3) is 0 Å². The first-order valence-corrected chi connectivity index (χ1v) is 10.6. The molecule has 5 heteroatoms. The van der Waals surface area contributed by atoms with Crippen LogP contribution in [0.1, 0.15) is 60.4 Å². The molecule has 2 aromatic heterocycles. The molecule has 0 bridgehead atoms. The van der Waals surface area contributed by atoms with Gasteiger partial charge < -0.3 is 0 Å². The lowest BCUT2D eigenvalue weighted by Crippen LogP contribution is -2.29. The SMILES string of the molecule is Cn1cc(CN2CCc3[nH]ncc3C2)c(-c2ccc(C3CCCCC3)cc2)n1. The predicted octanol–water partition coefficient (Wildman–Crippen LogP) is 4.42. The summed E-state index contributed by atoms with van der Waals surface area (Å²) in [6, 6.07) is 9.23. The van der Waals surface area contributed by atoms with Crippen LogP contribution in [0.3, 0.4) is 0 Å². The highest BCUT2D eigenvalue weighted by Crippen LogP contribution is 2.34. The van der Waals surface area contributed by atoms with Crippen LogP contribution in [0.5, 0.6) is 0 Å². The highest BCUT2D eigenvalue weighted by atomic mass is 15.3. The van der Waals surface area contributed by atoms with Gasteiger partial charge in [0.15, 0.2) is 0 Å². The summed E-state index contributed by atoms with van der Waals surface area (Å²) in [7, 11) is 2.02. The molecule has 0 atom stereocenters. The Bertz CT molecular complexity index is 930. The first-order valence-electron chi connectivity index (χ1n) is 10.6. The van der Waals surface area contributed by atoms with Crippen molar-refractivity contribution >= 4 is 0 Å². The summed E-state index contributed by atoms with van der Waals surface area (Å²) in [6.07, 6.45) is 12.0. The van der Waals surface area contributed by atoms with E-state index in [1.54, 1.807) is 0 Å². The van der Waals surface area contributed by atoms with E-state index in [-0.39, 0.29) is 0 Å². The lowest BCUT2D eigenvalue weighted by molar-refractivity contribution is 0.245. The molecular weight excluding hydrogens is 346 g/mol. The van der Waals surface area contributed by atoms with E-state index in [0.29, 0.717) is 0 Å². The van der Waals surface area contributed by atoms with Crippen LogP contribution in [-0.4, -0.2) is 31.4 Å². The normalized spacial score (nSPS) is 18.3. The molecule has 1 saturated carbocycles. The molecule has 146 valence electrons. The van der Waals surface area contributed by atoms with Gasteiger partial charge in [-0.1, -0.05) is 43.5 Å². The molecule has 28 heavy (non-hydrogen) atoms. The fraction of sp³-hybridized carbons (Fsp3) is 0.478.